The van der Waals surface area contributed by atoms with E-state index >= 15 is 0 Å². The van der Waals surface area contributed by atoms with Crippen LogP contribution in [0.15, 0.2) is 18.5 Å². The van der Waals surface area contributed by atoms with Crippen molar-refractivity contribution in [2.75, 3.05) is 5.32 Å². The molecule has 0 aliphatic rings. The molecule has 0 aliphatic carbocycles. The van der Waals surface area contributed by atoms with E-state index < -0.39 is 5.97 Å². The van der Waals surface area contributed by atoms with Crippen LogP contribution in [0.5, 0.6) is 0 Å². The van der Waals surface area contributed by atoms with Crippen molar-refractivity contribution in [3.63, 3.8) is 0 Å². The lowest BCUT2D eigenvalue weighted by molar-refractivity contribution is 0.0691. The lowest BCUT2D eigenvalue weighted by Gasteiger charge is -2.04. The van der Waals surface area contributed by atoms with Gasteiger partial charge in [0.15, 0.2) is 11.5 Å². The van der Waals surface area contributed by atoms with Crippen LogP contribution >= 0.6 is 11.3 Å². The van der Waals surface area contributed by atoms with Crippen LogP contribution in [0, 0.1) is 6.92 Å². The molecule has 0 spiro atoms. The van der Waals surface area contributed by atoms with Gasteiger partial charge < -0.3 is 10.4 Å². The van der Waals surface area contributed by atoms with Gasteiger partial charge in [-0.2, -0.15) is 0 Å². The number of aromatic nitrogens is 2. The summed E-state index contributed by atoms with van der Waals surface area (Å²) in [6.07, 6.45) is 4.53. The van der Waals surface area contributed by atoms with Gasteiger partial charge in [0.2, 0.25) is 0 Å². The van der Waals surface area contributed by atoms with E-state index in [0.29, 0.717) is 4.88 Å². The van der Waals surface area contributed by atoms with Crippen LogP contribution < -0.4 is 5.32 Å². The molecule has 0 aromatic carbocycles. The normalized spacial score (nSPS) is 10.4. The van der Waals surface area contributed by atoms with Crippen LogP contribution in [-0.4, -0.2) is 27.0 Å². The number of carboxylic acid groups (broad SMARTS) is 1. The largest absolute Gasteiger partial charge is 0.476 e. The summed E-state index contributed by atoms with van der Waals surface area (Å²) in [5, 5.41) is 11.5. The average molecular weight is 305 g/mol. The molecule has 0 fully saturated rings. The number of hydrogen-bond donors (Lipinski definition) is 2. The Kier molecular flexibility index (Phi) is 4.64. The first-order valence-electron chi connectivity index (χ1n) is 6.48. The molecule has 0 atom stereocenters. The second-order valence-corrected chi connectivity index (χ2v) is 5.71. The Hall–Kier alpha value is -2.28. The number of aromatic carboxylic acids is 1. The summed E-state index contributed by atoms with van der Waals surface area (Å²) in [7, 11) is 0. The highest BCUT2D eigenvalue weighted by Gasteiger charge is 2.18. The maximum Gasteiger partial charge on any atom is 0.358 e. The standard InChI is InChI=1S/C14H15N3O3S/c1-3-4-9-7-10(21-8(9)2)13(18)17-12-11(14(19)20)15-5-6-16-12/h5-7H,3-4H2,1-2H3,(H,19,20)(H,16,17,18). The zero-order valence-corrected chi connectivity index (χ0v) is 12.5. The van der Waals surface area contributed by atoms with E-state index in [9.17, 15) is 9.59 Å². The van der Waals surface area contributed by atoms with Crippen molar-refractivity contribution in [2.45, 2.75) is 26.7 Å². The predicted molar refractivity (Wildman–Crippen MR) is 80.0 cm³/mol. The Morgan fingerprint density at radius 3 is 2.71 bits per heavy atom. The lowest BCUT2D eigenvalue weighted by atomic mass is 10.1. The number of aryl methyl sites for hydroxylation is 2. The van der Waals surface area contributed by atoms with Gasteiger partial charge in [-0.05, 0) is 25.0 Å². The fourth-order valence-electron chi connectivity index (χ4n) is 1.90. The van der Waals surface area contributed by atoms with E-state index in [-0.39, 0.29) is 17.4 Å². The number of nitrogens with one attached hydrogen (secondary N) is 1. The molecule has 0 saturated carbocycles. The molecule has 7 heteroatoms. The van der Waals surface area contributed by atoms with Crippen LogP contribution in [0.1, 0.15) is 43.9 Å². The number of amides is 1. The van der Waals surface area contributed by atoms with E-state index in [0.717, 1.165) is 23.3 Å². The second-order valence-electron chi connectivity index (χ2n) is 4.45. The SMILES string of the molecule is CCCc1cc(C(=O)Nc2nccnc2C(=O)O)sc1C. The third kappa shape index (κ3) is 3.43. The predicted octanol–water partition coefficient (Wildman–Crippen LogP) is 2.75. The number of carbonyl (C=O) groups is 2. The summed E-state index contributed by atoms with van der Waals surface area (Å²) in [5.74, 6) is -1.64. The molecule has 6 nitrogen and oxygen atoms in total. The molecule has 2 N–H and O–H groups in total. The maximum absolute atomic E-state index is 12.2. The van der Waals surface area contributed by atoms with E-state index in [1.54, 1.807) is 0 Å². The molecule has 0 bridgehead atoms. The van der Waals surface area contributed by atoms with Crippen LogP contribution in [-0.2, 0) is 6.42 Å². The van der Waals surface area contributed by atoms with Gasteiger partial charge in [-0.25, -0.2) is 14.8 Å². The number of hydrogen-bond acceptors (Lipinski definition) is 5. The minimum atomic E-state index is -1.23. The first-order chi connectivity index (χ1) is 10.0. The Bertz CT molecular complexity index is 682. The van der Waals surface area contributed by atoms with Gasteiger partial charge in [-0.3, -0.25) is 4.79 Å². The number of thiophene rings is 1. The van der Waals surface area contributed by atoms with Crippen LogP contribution in [0.4, 0.5) is 5.82 Å². The van der Waals surface area contributed by atoms with Crippen molar-refractivity contribution < 1.29 is 14.7 Å². The highest BCUT2D eigenvalue weighted by molar-refractivity contribution is 7.14. The Morgan fingerprint density at radius 1 is 1.33 bits per heavy atom. The fraction of sp³-hybridized carbons (Fsp3) is 0.286. The monoisotopic (exact) mass is 305 g/mol. The number of carbonyl (C=O) groups excluding carboxylic acids is 1. The van der Waals surface area contributed by atoms with Crippen LogP contribution in [0.25, 0.3) is 0 Å². The van der Waals surface area contributed by atoms with E-state index in [2.05, 4.69) is 22.2 Å². The zero-order chi connectivity index (χ0) is 15.4. The summed E-state index contributed by atoms with van der Waals surface area (Å²) in [6, 6.07) is 1.84. The molecule has 1 amide bonds. The number of rotatable bonds is 5. The molecule has 2 aromatic rings. The molecular weight excluding hydrogens is 290 g/mol. The molecule has 21 heavy (non-hydrogen) atoms. The molecule has 0 unspecified atom stereocenters. The van der Waals surface area contributed by atoms with Gasteiger partial charge in [-0.1, -0.05) is 13.3 Å². The Morgan fingerprint density at radius 2 is 2.05 bits per heavy atom. The number of anilines is 1. The topological polar surface area (TPSA) is 92.2 Å². The van der Waals surface area contributed by atoms with E-state index in [4.69, 9.17) is 5.11 Å². The Labute approximate surface area is 125 Å². The first kappa shape index (κ1) is 15.1. The zero-order valence-electron chi connectivity index (χ0n) is 11.7. The van der Waals surface area contributed by atoms with Crippen molar-refractivity contribution in [1.29, 1.82) is 0 Å². The highest BCUT2D eigenvalue weighted by atomic mass is 32.1. The fourth-order valence-corrected chi connectivity index (χ4v) is 2.87. The maximum atomic E-state index is 12.2. The summed E-state index contributed by atoms with van der Waals surface area (Å²) >= 11 is 1.39. The highest BCUT2D eigenvalue weighted by Crippen LogP contribution is 2.24. The third-order valence-corrected chi connectivity index (χ3v) is 3.99. The molecule has 0 aliphatic heterocycles. The lowest BCUT2D eigenvalue weighted by Crippen LogP contribution is -2.16. The van der Waals surface area contributed by atoms with E-state index in [1.807, 2.05) is 13.0 Å². The quantitative estimate of drug-likeness (QED) is 0.886. The number of carboxylic acids is 1. The minimum Gasteiger partial charge on any atom is -0.476 e. The van der Waals surface area contributed by atoms with Crippen LogP contribution in [0.2, 0.25) is 0 Å². The van der Waals surface area contributed by atoms with Crippen molar-refractivity contribution in [1.82, 2.24) is 9.97 Å². The molecule has 0 radical (unpaired) electrons. The smallest absolute Gasteiger partial charge is 0.358 e. The minimum absolute atomic E-state index is 0.0434. The summed E-state index contributed by atoms with van der Waals surface area (Å²) < 4.78 is 0. The first-order valence-corrected chi connectivity index (χ1v) is 7.29. The molecular formula is C14H15N3O3S. The summed E-state index contributed by atoms with van der Waals surface area (Å²) in [5.41, 5.74) is 0.873. The van der Waals surface area contributed by atoms with Gasteiger partial charge in [0.1, 0.15) is 0 Å². The van der Waals surface area contributed by atoms with Crippen molar-refractivity contribution in [3.8, 4) is 0 Å². The van der Waals surface area contributed by atoms with Crippen molar-refractivity contribution in [2.24, 2.45) is 0 Å². The molecule has 2 aromatic heterocycles. The van der Waals surface area contributed by atoms with Gasteiger partial charge in [0, 0.05) is 17.3 Å². The number of nitrogens with zero attached hydrogens (tertiary/aromatic N) is 2. The average Bonchev–Trinajstić information content (AvgIpc) is 2.81. The molecule has 0 saturated heterocycles. The summed E-state index contributed by atoms with van der Waals surface area (Å²) in [6.45, 7) is 4.05. The van der Waals surface area contributed by atoms with Gasteiger partial charge in [0.25, 0.3) is 5.91 Å². The van der Waals surface area contributed by atoms with Crippen LogP contribution in [0.3, 0.4) is 0 Å². The molecule has 110 valence electrons. The Balaban J connectivity index is 2.22. The third-order valence-electron chi connectivity index (χ3n) is 2.90. The second kappa shape index (κ2) is 6.45. The molecule has 2 rings (SSSR count). The van der Waals surface area contributed by atoms with E-state index in [1.165, 1.54) is 23.7 Å². The van der Waals surface area contributed by atoms with Gasteiger partial charge in [-0.15, -0.1) is 11.3 Å². The van der Waals surface area contributed by atoms with Crippen molar-refractivity contribution >= 4 is 29.0 Å². The summed E-state index contributed by atoms with van der Waals surface area (Å²) in [4.78, 5) is 32.4. The molecule has 2 heterocycles. The van der Waals surface area contributed by atoms with Gasteiger partial charge >= 0.3 is 5.97 Å². The van der Waals surface area contributed by atoms with Crippen molar-refractivity contribution in [3.05, 3.63) is 39.5 Å². The van der Waals surface area contributed by atoms with Gasteiger partial charge in [0.05, 0.1) is 4.88 Å².